The molecule has 0 aromatic carbocycles. The number of anilines is 1. The molecule has 0 bridgehead atoms. The fourth-order valence-electron chi connectivity index (χ4n) is 4.65. The zero-order valence-corrected chi connectivity index (χ0v) is 21.1. The summed E-state index contributed by atoms with van der Waals surface area (Å²) < 4.78 is 17.1. The number of fused-ring (bicyclic) bond motifs is 2. The van der Waals surface area contributed by atoms with E-state index in [0.29, 0.717) is 37.6 Å². The van der Waals surface area contributed by atoms with Crippen molar-refractivity contribution in [3.63, 3.8) is 0 Å². The fraction of sp³-hybridized carbons (Fsp3) is 0.682. The average Bonchev–Trinajstić information content (AvgIpc) is 3.05. The van der Waals surface area contributed by atoms with E-state index in [0.717, 1.165) is 6.42 Å². The van der Waals surface area contributed by atoms with E-state index in [2.05, 4.69) is 4.98 Å². The standard InChI is InChI=1S/C22H30Cl2N4O5/c1-12-14(31-5)6-7-27(12)19-15-17(16(23)18(24)25-19)32-11-13-10-26(8-9-28(13)20(15)29)21(30)33-22(2,3)4/h12-14H,6-11H2,1-5H3/t12-,13+,14-/m0/s1. The summed E-state index contributed by atoms with van der Waals surface area (Å²) in [5, 5.41) is 0.198. The molecule has 0 saturated carbocycles. The van der Waals surface area contributed by atoms with E-state index >= 15 is 0 Å². The van der Waals surface area contributed by atoms with Crippen molar-refractivity contribution in [3.05, 3.63) is 15.7 Å². The minimum Gasteiger partial charge on any atom is -0.489 e. The molecule has 2 fully saturated rings. The van der Waals surface area contributed by atoms with Crippen molar-refractivity contribution in [1.82, 2.24) is 14.8 Å². The highest BCUT2D eigenvalue weighted by molar-refractivity contribution is 6.42. The van der Waals surface area contributed by atoms with Crippen molar-refractivity contribution in [2.75, 3.05) is 44.8 Å². The number of hydrogen-bond acceptors (Lipinski definition) is 7. The number of methoxy groups -OCH3 is 1. The summed E-state index contributed by atoms with van der Waals surface area (Å²) in [5.74, 6) is 0.458. The van der Waals surface area contributed by atoms with Gasteiger partial charge in [-0.15, -0.1) is 0 Å². The summed E-state index contributed by atoms with van der Waals surface area (Å²) in [6, 6.07) is -0.351. The van der Waals surface area contributed by atoms with Crippen molar-refractivity contribution < 1.29 is 23.8 Å². The maximum atomic E-state index is 13.8. The zero-order valence-electron chi connectivity index (χ0n) is 19.6. The van der Waals surface area contributed by atoms with Crippen LogP contribution in [0.5, 0.6) is 5.75 Å². The number of nitrogens with zero attached hydrogens (tertiary/aromatic N) is 4. The summed E-state index contributed by atoms with van der Waals surface area (Å²) in [6.45, 7) is 9.35. The maximum Gasteiger partial charge on any atom is 0.410 e. The third kappa shape index (κ3) is 4.55. The maximum absolute atomic E-state index is 13.8. The average molecular weight is 501 g/mol. The molecule has 1 aromatic heterocycles. The van der Waals surface area contributed by atoms with E-state index in [9.17, 15) is 9.59 Å². The first-order valence-corrected chi connectivity index (χ1v) is 11.9. The minimum absolute atomic E-state index is 0.000270. The third-order valence-electron chi connectivity index (χ3n) is 6.32. The zero-order chi connectivity index (χ0) is 24.1. The summed E-state index contributed by atoms with van der Waals surface area (Å²) in [5.41, 5.74) is -0.293. The number of rotatable bonds is 2. The summed E-state index contributed by atoms with van der Waals surface area (Å²) in [4.78, 5) is 36.2. The first-order chi connectivity index (χ1) is 15.5. The Hall–Kier alpha value is -1.97. The Labute approximate surface area is 203 Å². The van der Waals surface area contributed by atoms with E-state index in [4.69, 9.17) is 37.4 Å². The van der Waals surface area contributed by atoms with Gasteiger partial charge in [0, 0.05) is 33.3 Å². The van der Waals surface area contributed by atoms with Crippen LogP contribution in [0, 0.1) is 0 Å². The van der Waals surface area contributed by atoms with Crippen LogP contribution in [-0.2, 0) is 9.47 Å². The minimum atomic E-state index is -0.600. The molecule has 3 aliphatic rings. The number of ether oxygens (including phenoxy) is 3. The molecule has 2 amide bonds. The molecular weight excluding hydrogens is 471 g/mol. The summed E-state index contributed by atoms with van der Waals surface area (Å²) >= 11 is 12.8. The first kappa shape index (κ1) is 24.2. The van der Waals surface area contributed by atoms with Gasteiger partial charge in [-0.3, -0.25) is 4.79 Å². The number of halogens is 2. The molecule has 182 valence electrons. The van der Waals surface area contributed by atoms with Crippen LogP contribution in [0.1, 0.15) is 44.5 Å². The van der Waals surface area contributed by atoms with Gasteiger partial charge in [-0.1, -0.05) is 23.2 Å². The van der Waals surface area contributed by atoms with Gasteiger partial charge in [-0.25, -0.2) is 9.78 Å². The monoisotopic (exact) mass is 500 g/mol. The van der Waals surface area contributed by atoms with Gasteiger partial charge in [0.05, 0.1) is 18.2 Å². The van der Waals surface area contributed by atoms with Crippen molar-refractivity contribution in [1.29, 1.82) is 0 Å². The Morgan fingerprint density at radius 2 is 1.91 bits per heavy atom. The van der Waals surface area contributed by atoms with Gasteiger partial charge >= 0.3 is 6.09 Å². The Balaban J connectivity index is 1.65. The number of piperazine rings is 1. The molecule has 2 saturated heterocycles. The highest BCUT2D eigenvalue weighted by atomic mass is 35.5. The molecule has 11 heteroatoms. The van der Waals surface area contributed by atoms with E-state index in [1.165, 1.54) is 0 Å². The Morgan fingerprint density at radius 1 is 1.18 bits per heavy atom. The predicted octanol–water partition coefficient (Wildman–Crippen LogP) is 3.46. The summed E-state index contributed by atoms with van der Waals surface area (Å²) in [7, 11) is 1.68. The Morgan fingerprint density at radius 3 is 2.55 bits per heavy atom. The molecule has 0 N–H and O–H groups in total. The number of aromatic nitrogens is 1. The van der Waals surface area contributed by atoms with Crippen LogP contribution in [0.3, 0.4) is 0 Å². The van der Waals surface area contributed by atoms with E-state index in [-0.39, 0.29) is 46.6 Å². The molecule has 4 rings (SSSR count). The third-order valence-corrected chi connectivity index (χ3v) is 7.04. The highest BCUT2D eigenvalue weighted by Gasteiger charge is 2.43. The smallest absolute Gasteiger partial charge is 0.410 e. The van der Waals surface area contributed by atoms with Crippen LogP contribution in [0.15, 0.2) is 0 Å². The lowest BCUT2D eigenvalue weighted by Crippen LogP contribution is -2.58. The van der Waals surface area contributed by atoms with Crippen LogP contribution < -0.4 is 9.64 Å². The fourth-order valence-corrected chi connectivity index (χ4v) is 5.00. The predicted molar refractivity (Wildman–Crippen MR) is 125 cm³/mol. The van der Waals surface area contributed by atoms with Crippen molar-refractivity contribution in [3.8, 4) is 5.75 Å². The molecule has 3 atom stereocenters. The molecule has 1 aromatic rings. The topological polar surface area (TPSA) is 84.4 Å². The first-order valence-electron chi connectivity index (χ1n) is 11.1. The molecular formula is C22H30Cl2N4O5. The molecule has 0 aliphatic carbocycles. The van der Waals surface area contributed by atoms with Crippen molar-refractivity contribution >= 4 is 41.0 Å². The lowest BCUT2D eigenvalue weighted by molar-refractivity contribution is 0.000954. The SMILES string of the molecule is CO[C@H]1CCN(c2nc(Cl)c(Cl)c3c2C(=O)N2CCN(C(=O)OC(C)(C)C)C[C@@H]2CO3)[C@H]1C. The molecule has 0 radical (unpaired) electrons. The second-order valence-electron chi connectivity index (χ2n) is 9.63. The van der Waals surface area contributed by atoms with Gasteiger partial charge in [-0.05, 0) is 34.1 Å². The summed E-state index contributed by atoms with van der Waals surface area (Å²) in [6.07, 6.45) is 0.417. The largest absolute Gasteiger partial charge is 0.489 e. The lowest BCUT2D eigenvalue weighted by Gasteiger charge is -2.40. The normalized spacial score (nSPS) is 25.4. The molecule has 33 heavy (non-hydrogen) atoms. The van der Waals surface area contributed by atoms with Crippen LogP contribution >= 0.6 is 23.2 Å². The van der Waals surface area contributed by atoms with Crippen LogP contribution in [-0.4, -0.2) is 90.5 Å². The van der Waals surface area contributed by atoms with Gasteiger partial charge in [0.1, 0.15) is 28.6 Å². The van der Waals surface area contributed by atoms with E-state index in [1.54, 1.807) is 16.9 Å². The molecule has 0 unspecified atom stereocenters. The highest BCUT2D eigenvalue weighted by Crippen LogP contribution is 2.43. The van der Waals surface area contributed by atoms with Gasteiger partial charge in [-0.2, -0.15) is 0 Å². The number of hydrogen-bond donors (Lipinski definition) is 0. The van der Waals surface area contributed by atoms with E-state index < -0.39 is 11.7 Å². The van der Waals surface area contributed by atoms with Crippen LogP contribution in [0.4, 0.5) is 10.6 Å². The van der Waals surface area contributed by atoms with Crippen molar-refractivity contribution in [2.45, 2.75) is 57.9 Å². The van der Waals surface area contributed by atoms with Crippen LogP contribution in [0.25, 0.3) is 0 Å². The number of amides is 2. The molecule has 4 heterocycles. The number of carbonyl (C=O) groups excluding carboxylic acids is 2. The van der Waals surface area contributed by atoms with Crippen LogP contribution in [0.2, 0.25) is 10.2 Å². The molecule has 0 spiro atoms. The lowest BCUT2D eigenvalue weighted by atomic mass is 10.1. The Bertz CT molecular complexity index is 954. The van der Waals surface area contributed by atoms with Gasteiger partial charge in [0.15, 0.2) is 10.9 Å². The van der Waals surface area contributed by atoms with Gasteiger partial charge in [0.25, 0.3) is 5.91 Å². The second kappa shape index (κ2) is 9.00. The quantitative estimate of drug-likeness (QED) is 0.574. The molecule has 9 nitrogen and oxygen atoms in total. The van der Waals surface area contributed by atoms with Gasteiger partial charge < -0.3 is 28.9 Å². The van der Waals surface area contributed by atoms with Gasteiger partial charge in [0.2, 0.25) is 0 Å². The number of carbonyl (C=O) groups is 2. The van der Waals surface area contributed by atoms with Crippen molar-refractivity contribution in [2.24, 2.45) is 0 Å². The van der Waals surface area contributed by atoms with E-state index in [1.807, 2.05) is 32.6 Å². The Kier molecular flexibility index (Phi) is 6.59. The second-order valence-corrected chi connectivity index (χ2v) is 10.4. The number of pyridine rings is 1. The molecule has 3 aliphatic heterocycles.